The van der Waals surface area contributed by atoms with Crippen molar-refractivity contribution in [3.8, 4) is 17.6 Å². The van der Waals surface area contributed by atoms with Crippen molar-refractivity contribution in [2.45, 2.75) is 20.3 Å². The molecule has 1 aliphatic carbocycles. The minimum Gasteiger partial charge on any atom is -0.287 e. The summed E-state index contributed by atoms with van der Waals surface area (Å²) in [5.41, 5.74) is 2.56. The molecule has 1 aliphatic rings. The summed E-state index contributed by atoms with van der Waals surface area (Å²) < 4.78 is 0. The lowest BCUT2D eigenvalue weighted by Gasteiger charge is -2.13. The lowest BCUT2D eigenvalue weighted by Crippen LogP contribution is -2.03. The van der Waals surface area contributed by atoms with E-state index in [1.165, 1.54) is 6.92 Å². The first-order valence-electron chi connectivity index (χ1n) is 8.64. The Balaban J connectivity index is 1.59. The summed E-state index contributed by atoms with van der Waals surface area (Å²) in [6.07, 6.45) is 8.07. The third kappa shape index (κ3) is 5.61. The topological polar surface area (TPSA) is 86.0 Å². The van der Waals surface area contributed by atoms with E-state index in [9.17, 15) is 4.79 Å². The number of azo groups is 1. The number of allylic oxidation sites excluding steroid dienone is 3. The van der Waals surface area contributed by atoms with Gasteiger partial charge in [0.05, 0.1) is 11.4 Å². The van der Waals surface area contributed by atoms with Crippen molar-refractivity contribution >= 4 is 11.7 Å². The van der Waals surface area contributed by atoms with E-state index >= 15 is 0 Å². The zero-order chi connectivity index (χ0) is 19.8. The normalized spacial score (nSPS) is 15.9. The van der Waals surface area contributed by atoms with Gasteiger partial charge < -0.3 is 0 Å². The first-order chi connectivity index (χ1) is 13.6. The van der Waals surface area contributed by atoms with Crippen molar-refractivity contribution in [3.63, 3.8) is 0 Å². The van der Waals surface area contributed by atoms with Gasteiger partial charge >= 0.3 is 5.97 Å². The van der Waals surface area contributed by atoms with Crippen LogP contribution in [0, 0.1) is 17.8 Å². The highest BCUT2D eigenvalue weighted by atomic mass is 17.2. The smallest absolute Gasteiger partial charge is 0.287 e. The van der Waals surface area contributed by atoms with Crippen molar-refractivity contribution in [3.05, 3.63) is 72.0 Å². The Labute approximate surface area is 162 Å². The lowest BCUT2D eigenvalue weighted by molar-refractivity contribution is -0.210. The Morgan fingerprint density at radius 2 is 1.93 bits per heavy atom. The number of nitrogens with zero attached hydrogens (tertiary/aromatic N) is 4. The fourth-order valence-corrected chi connectivity index (χ4v) is 2.37. The summed E-state index contributed by atoms with van der Waals surface area (Å²) in [6, 6.07) is 8.49. The Morgan fingerprint density at radius 3 is 2.61 bits per heavy atom. The van der Waals surface area contributed by atoms with Crippen LogP contribution in [0.3, 0.4) is 0 Å². The minimum absolute atomic E-state index is 0.112. The molecule has 0 radical (unpaired) electrons. The van der Waals surface area contributed by atoms with E-state index in [2.05, 4.69) is 36.9 Å². The predicted molar refractivity (Wildman–Crippen MR) is 102 cm³/mol. The number of carbonyl (C=O) groups excluding carboxylic acids is 1. The lowest BCUT2D eigenvalue weighted by atomic mass is 9.92. The highest BCUT2D eigenvalue weighted by Crippen LogP contribution is 2.25. The zero-order valence-corrected chi connectivity index (χ0v) is 15.5. The van der Waals surface area contributed by atoms with E-state index in [1.54, 1.807) is 42.7 Å². The van der Waals surface area contributed by atoms with Crippen LogP contribution in [0.2, 0.25) is 0 Å². The number of hydrogen-bond donors (Lipinski definition) is 0. The molecular formula is C21H18N4O3. The van der Waals surface area contributed by atoms with Gasteiger partial charge in [0.15, 0.2) is 5.75 Å². The first kappa shape index (κ1) is 19.0. The van der Waals surface area contributed by atoms with Crippen molar-refractivity contribution in [2.24, 2.45) is 16.1 Å². The number of rotatable bonds is 4. The van der Waals surface area contributed by atoms with Gasteiger partial charge in [-0.2, -0.15) is 10.2 Å². The number of hydrogen-bond acceptors (Lipinski definition) is 7. The Kier molecular flexibility index (Phi) is 6.26. The summed E-state index contributed by atoms with van der Waals surface area (Å²) in [7, 11) is 0. The molecule has 28 heavy (non-hydrogen) atoms. The van der Waals surface area contributed by atoms with Crippen LogP contribution in [0.15, 0.2) is 76.4 Å². The van der Waals surface area contributed by atoms with Gasteiger partial charge in [0, 0.05) is 25.2 Å². The molecule has 0 aliphatic heterocycles. The van der Waals surface area contributed by atoms with Gasteiger partial charge in [-0.1, -0.05) is 17.6 Å². The van der Waals surface area contributed by atoms with Gasteiger partial charge in [-0.25, -0.2) is 14.8 Å². The molecule has 3 rings (SSSR count). The Morgan fingerprint density at radius 1 is 1.18 bits per heavy atom. The SMILES string of the molecule is CC(=O)OOc1ccc(/N=N/C2=CCC(C#Cc3ncccn3)C(C)=C2)cc1. The zero-order valence-electron chi connectivity index (χ0n) is 15.5. The fraction of sp³-hybridized carbons (Fsp3) is 0.190. The van der Waals surface area contributed by atoms with Crippen molar-refractivity contribution in [1.82, 2.24) is 9.97 Å². The van der Waals surface area contributed by atoms with Crippen molar-refractivity contribution in [2.75, 3.05) is 0 Å². The molecule has 0 N–H and O–H groups in total. The molecule has 0 fully saturated rings. The average Bonchev–Trinajstić information content (AvgIpc) is 2.71. The van der Waals surface area contributed by atoms with Crippen molar-refractivity contribution < 1.29 is 14.6 Å². The maximum absolute atomic E-state index is 10.7. The summed E-state index contributed by atoms with van der Waals surface area (Å²) in [4.78, 5) is 28.2. The van der Waals surface area contributed by atoms with Gasteiger partial charge in [0.25, 0.3) is 0 Å². The minimum atomic E-state index is -0.519. The fourth-order valence-electron chi connectivity index (χ4n) is 2.37. The van der Waals surface area contributed by atoms with Gasteiger partial charge in [-0.15, -0.1) is 0 Å². The molecule has 1 heterocycles. The second kappa shape index (κ2) is 9.24. The number of benzene rings is 1. The predicted octanol–water partition coefficient (Wildman–Crippen LogP) is 4.32. The molecular weight excluding hydrogens is 356 g/mol. The Hall–Kier alpha value is -3.79. The molecule has 140 valence electrons. The number of aromatic nitrogens is 2. The molecule has 1 atom stereocenters. The molecule has 0 amide bonds. The van der Waals surface area contributed by atoms with Gasteiger partial charge in [0.1, 0.15) is 0 Å². The van der Waals surface area contributed by atoms with E-state index in [0.29, 0.717) is 17.3 Å². The van der Waals surface area contributed by atoms with E-state index in [-0.39, 0.29) is 5.92 Å². The van der Waals surface area contributed by atoms with E-state index < -0.39 is 5.97 Å². The maximum atomic E-state index is 10.7. The van der Waals surface area contributed by atoms with Crippen LogP contribution in [0.5, 0.6) is 5.75 Å². The highest BCUT2D eigenvalue weighted by molar-refractivity contribution is 5.65. The average molecular weight is 374 g/mol. The molecule has 1 unspecified atom stereocenters. The largest absolute Gasteiger partial charge is 0.352 e. The monoisotopic (exact) mass is 374 g/mol. The molecule has 1 aromatic heterocycles. The maximum Gasteiger partial charge on any atom is 0.352 e. The third-order valence-corrected chi connectivity index (χ3v) is 3.78. The summed E-state index contributed by atoms with van der Waals surface area (Å²) in [5.74, 6) is 6.72. The van der Waals surface area contributed by atoms with E-state index in [1.807, 2.05) is 19.1 Å². The molecule has 2 aromatic rings. The molecule has 7 heteroatoms. The van der Waals surface area contributed by atoms with Crippen LogP contribution in [0.25, 0.3) is 0 Å². The van der Waals surface area contributed by atoms with Crippen LogP contribution < -0.4 is 4.89 Å². The summed E-state index contributed by atoms with van der Waals surface area (Å²) >= 11 is 0. The van der Waals surface area contributed by atoms with Crippen LogP contribution in [-0.4, -0.2) is 15.9 Å². The second-order valence-corrected chi connectivity index (χ2v) is 6.00. The van der Waals surface area contributed by atoms with Gasteiger partial charge in [-0.3, -0.25) is 9.78 Å². The molecule has 7 nitrogen and oxygen atoms in total. The third-order valence-electron chi connectivity index (χ3n) is 3.78. The summed E-state index contributed by atoms with van der Waals surface area (Å²) in [6.45, 7) is 3.29. The van der Waals surface area contributed by atoms with E-state index in [4.69, 9.17) is 4.89 Å². The standard InChI is InChI=1S/C21H18N4O3/c1-15-14-19(6-4-17(15)5-11-21-22-12-3-13-23-21)25-24-18-7-9-20(10-8-18)28-27-16(2)26/h3,6-10,12-14,17H,4H2,1-2H3/b25-24+. The molecule has 1 aromatic carbocycles. The second-order valence-electron chi connectivity index (χ2n) is 6.00. The van der Waals surface area contributed by atoms with Crippen LogP contribution in [-0.2, 0) is 9.68 Å². The van der Waals surface area contributed by atoms with Crippen LogP contribution in [0.1, 0.15) is 26.1 Å². The highest BCUT2D eigenvalue weighted by Gasteiger charge is 2.12. The summed E-state index contributed by atoms with van der Waals surface area (Å²) in [5, 5.41) is 8.48. The van der Waals surface area contributed by atoms with Crippen LogP contribution in [0.4, 0.5) is 5.69 Å². The quantitative estimate of drug-likeness (QED) is 0.344. The molecule has 0 saturated carbocycles. The first-order valence-corrected chi connectivity index (χ1v) is 8.64. The molecule has 0 spiro atoms. The molecule has 0 saturated heterocycles. The Bertz CT molecular complexity index is 984. The number of carbonyl (C=O) groups is 1. The van der Waals surface area contributed by atoms with Gasteiger partial charge in [-0.05, 0) is 55.7 Å². The molecule has 0 bridgehead atoms. The van der Waals surface area contributed by atoms with Crippen LogP contribution >= 0.6 is 0 Å². The van der Waals surface area contributed by atoms with E-state index in [0.717, 1.165) is 17.7 Å². The van der Waals surface area contributed by atoms with Gasteiger partial charge in [0.2, 0.25) is 5.82 Å². The van der Waals surface area contributed by atoms with Crippen molar-refractivity contribution in [1.29, 1.82) is 0 Å².